The Morgan fingerprint density at radius 3 is 2.58 bits per heavy atom. The summed E-state index contributed by atoms with van der Waals surface area (Å²) < 4.78 is 23.6. The molecule has 1 heterocycles. The number of hydrogen-bond donors (Lipinski definition) is 2. The molecule has 1 aromatic carbocycles. The van der Waals surface area contributed by atoms with Gasteiger partial charge in [0.05, 0.1) is 16.6 Å². The van der Waals surface area contributed by atoms with Crippen molar-refractivity contribution in [3.05, 3.63) is 24.3 Å². The van der Waals surface area contributed by atoms with E-state index in [1.54, 1.807) is 18.2 Å². The van der Waals surface area contributed by atoms with Crippen LogP contribution in [0, 0.1) is 5.41 Å². The lowest BCUT2D eigenvalue weighted by atomic mass is 9.90. The third kappa shape index (κ3) is 4.69. The summed E-state index contributed by atoms with van der Waals surface area (Å²) >= 11 is 0. The molecule has 0 aromatic heterocycles. The molecule has 0 bridgehead atoms. The van der Waals surface area contributed by atoms with Crippen LogP contribution in [-0.4, -0.2) is 51.2 Å². The summed E-state index contributed by atoms with van der Waals surface area (Å²) in [5, 5.41) is 2.75. The molecule has 3 N–H and O–H groups in total. The number of nitrogens with one attached hydrogen (secondary N) is 1. The van der Waals surface area contributed by atoms with E-state index in [9.17, 15) is 13.2 Å². The van der Waals surface area contributed by atoms with Crippen molar-refractivity contribution >= 4 is 33.8 Å². The zero-order valence-corrected chi connectivity index (χ0v) is 15.9. The lowest BCUT2D eigenvalue weighted by Crippen LogP contribution is -2.42. The van der Waals surface area contributed by atoms with Crippen LogP contribution in [-0.2, 0) is 14.6 Å². The predicted molar refractivity (Wildman–Crippen MR) is 98.2 cm³/mol. The fourth-order valence-electron chi connectivity index (χ4n) is 2.86. The second-order valence-corrected chi connectivity index (χ2v) is 8.65. The van der Waals surface area contributed by atoms with Crippen LogP contribution in [0.25, 0.3) is 0 Å². The molecule has 1 aliphatic heterocycles. The second-order valence-electron chi connectivity index (χ2n) is 6.67. The minimum Gasteiger partial charge on any atom is -0.330 e. The van der Waals surface area contributed by atoms with Crippen LogP contribution in [0.5, 0.6) is 0 Å². The maximum absolute atomic E-state index is 12.5. The molecule has 0 aliphatic carbocycles. The lowest BCUT2D eigenvalue weighted by molar-refractivity contribution is -0.120. The Balaban J connectivity index is 0.00000288. The molecular formula is C16H26ClN3O3S. The van der Waals surface area contributed by atoms with Gasteiger partial charge in [-0.15, -0.1) is 12.4 Å². The highest BCUT2D eigenvalue weighted by atomic mass is 35.5. The molecule has 6 nitrogen and oxygen atoms in total. The SMILES string of the molecule is CC(C(=O)Nc1ccccc1S(C)(=O)=O)N1CCC(C)(CN)C1.Cl. The number of sulfone groups is 1. The van der Waals surface area contributed by atoms with Gasteiger partial charge in [-0.2, -0.15) is 0 Å². The quantitative estimate of drug-likeness (QED) is 0.813. The van der Waals surface area contributed by atoms with Crippen LogP contribution in [0.15, 0.2) is 29.2 Å². The van der Waals surface area contributed by atoms with Crippen LogP contribution < -0.4 is 11.1 Å². The summed E-state index contributed by atoms with van der Waals surface area (Å²) in [6.07, 6.45) is 2.09. The van der Waals surface area contributed by atoms with Gasteiger partial charge in [-0.1, -0.05) is 19.1 Å². The number of nitrogens with two attached hydrogens (primary N) is 1. The molecule has 8 heteroatoms. The van der Waals surface area contributed by atoms with Gasteiger partial charge in [0.1, 0.15) is 0 Å². The number of amides is 1. The first kappa shape index (κ1) is 20.9. The molecular weight excluding hydrogens is 350 g/mol. The second kappa shape index (κ2) is 7.82. The summed E-state index contributed by atoms with van der Waals surface area (Å²) in [7, 11) is -3.39. The lowest BCUT2D eigenvalue weighted by Gasteiger charge is -2.26. The first-order valence-electron chi connectivity index (χ1n) is 7.70. The van der Waals surface area contributed by atoms with Gasteiger partial charge in [0.2, 0.25) is 5.91 Å². The van der Waals surface area contributed by atoms with Crippen LogP contribution in [0.2, 0.25) is 0 Å². The maximum atomic E-state index is 12.5. The maximum Gasteiger partial charge on any atom is 0.241 e. The summed E-state index contributed by atoms with van der Waals surface area (Å²) in [5.41, 5.74) is 6.17. The van der Waals surface area contributed by atoms with Crippen LogP contribution in [0.3, 0.4) is 0 Å². The Bertz CT molecular complexity index is 696. The number of nitrogens with zero attached hydrogens (tertiary/aromatic N) is 1. The summed E-state index contributed by atoms with van der Waals surface area (Å²) in [4.78, 5) is 14.7. The van der Waals surface area contributed by atoms with Gasteiger partial charge in [-0.05, 0) is 44.0 Å². The van der Waals surface area contributed by atoms with E-state index in [1.165, 1.54) is 6.07 Å². The molecule has 2 atom stereocenters. The minimum absolute atomic E-state index is 0. The Hall–Kier alpha value is -1.15. The van der Waals surface area contributed by atoms with E-state index in [1.807, 2.05) is 6.92 Å². The number of rotatable bonds is 5. The Morgan fingerprint density at radius 2 is 2.04 bits per heavy atom. The van der Waals surface area contributed by atoms with Gasteiger partial charge in [0, 0.05) is 12.8 Å². The molecule has 24 heavy (non-hydrogen) atoms. The summed E-state index contributed by atoms with van der Waals surface area (Å²) in [5.74, 6) is -0.206. The van der Waals surface area contributed by atoms with Gasteiger partial charge in [0.15, 0.2) is 9.84 Å². The van der Waals surface area contributed by atoms with Crippen molar-refractivity contribution in [3.63, 3.8) is 0 Å². The normalized spacial score (nSPS) is 22.7. The monoisotopic (exact) mass is 375 g/mol. The van der Waals surface area contributed by atoms with E-state index in [4.69, 9.17) is 5.73 Å². The first-order valence-corrected chi connectivity index (χ1v) is 9.59. The van der Waals surface area contributed by atoms with Crippen LogP contribution in [0.4, 0.5) is 5.69 Å². The Kier molecular flexibility index (Phi) is 6.81. The van der Waals surface area contributed by atoms with Crippen molar-refractivity contribution in [3.8, 4) is 0 Å². The van der Waals surface area contributed by atoms with Crippen LogP contribution >= 0.6 is 12.4 Å². The standard InChI is InChI=1S/C16H25N3O3S.ClH/c1-12(19-9-8-16(2,10-17)11-19)15(20)18-13-6-4-5-7-14(13)23(3,21)22;/h4-7,12H,8-11,17H2,1-3H3,(H,18,20);1H. The largest absolute Gasteiger partial charge is 0.330 e. The van der Waals surface area contributed by atoms with Crippen molar-refractivity contribution in [2.24, 2.45) is 11.1 Å². The summed E-state index contributed by atoms with van der Waals surface area (Å²) in [6.45, 7) is 6.13. The molecule has 1 fully saturated rings. The number of likely N-dealkylation sites (tertiary alicyclic amines) is 1. The molecule has 0 radical (unpaired) electrons. The van der Waals surface area contributed by atoms with E-state index < -0.39 is 9.84 Å². The Labute approximate surface area is 150 Å². The molecule has 0 saturated carbocycles. The average molecular weight is 376 g/mol. The number of para-hydroxylation sites is 1. The number of carbonyl (C=O) groups is 1. The highest BCUT2D eigenvalue weighted by Gasteiger charge is 2.36. The molecule has 1 amide bonds. The zero-order valence-electron chi connectivity index (χ0n) is 14.3. The van der Waals surface area contributed by atoms with Crippen molar-refractivity contribution in [1.82, 2.24) is 4.90 Å². The number of benzene rings is 1. The topological polar surface area (TPSA) is 92.5 Å². The van der Waals surface area contributed by atoms with Crippen molar-refractivity contribution in [2.45, 2.75) is 31.2 Å². The van der Waals surface area contributed by atoms with E-state index in [-0.39, 0.29) is 34.7 Å². The zero-order chi connectivity index (χ0) is 17.3. The van der Waals surface area contributed by atoms with E-state index in [0.29, 0.717) is 12.2 Å². The van der Waals surface area contributed by atoms with Gasteiger partial charge in [0.25, 0.3) is 0 Å². The van der Waals surface area contributed by atoms with E-state index in [2.05, 4.69) is 17.1 Å². The Morgan fingerprint density at radius 1 is 1.42 bits per heavy atom. The van der Waals surface area contributed by atoms with Crippen molar-refractivity contribution < 1.29 is 13.2 Å². The first-order chi connectivity index (χ1) is 10.7. The predicted octanol–water partition coefficient (Wildman–Crippen LogP) is 1.51. The van der Waals surface area contributed by atoms with Gasteiger partial charge in [-0.25, -0.2) is 8.42 Å². The van der Waals surface area contributed by atoms with Crippen molar-refractivity contribution in [2.75, 3.05) is 31.2 Å². The van der Waals surface area contributed by atoms with Gasteiger partial charge in [-0.3, -0.25) is 9.69 Å². The average Bonchev–Trinajstić information content (AvgIpc) is 2.89. The molecule has 136 valence electrons. The number of hydrogen-bond acceptors (Lipinski definition) is 5. The molecule has 1 aromatic rings. The van der Waals surface area contributed by atoms with Crippen LogP contribution in [0.1, 0.15) is 20.3 Å². The fourth-order valence-corrected chi connectivity index (χ4v) is 3.70. The van der Waals surface area contributed by atoms with E-state index >= 15 is 0 Å². The minimum atomic E-state index is -3.39. The molecule has 1 saturated heterocycles. The molecule has 0 spiro atoms. The smallest absolute Gasteiger partial charge is 0.241 e. The van der Waals surface area contributed by atoms with Gasteiger partial charge >= 0.3 is 0 Å². The number of anilines is 1. The summed E-state index contributed by atoms with van der Waals surface area (Å²) in [6, 6.07) is 6.11. The third-order valence-electron chi connectivity index (χ3n) is 4.55. The van der Waals surface area contributed by atoms with Gasteiger partial charge < -0.3 is 11.1 Å². The highest BCUT2D eigenvalue weighted by Crippen LogP contribution is 2.30. The number of halogens is 1. The fraction of sp³-hybridized carbons (Fsp3) is 0.562. The van der Waals surface area contributed by atoms with Crippen molar-refractivity contribution in [1.29, 1.82) is 0 Å². The molecule has 2 unspecified atom stereocenters. The number of carbonyl (C=O) groups excluding carboxylic acids is 1. The molecule has 1 aliphatic rings. The van der Waals surface area contributed by atoms with E-state index in [0.717, 1.165) is 25.8 Å². The highest BCUT2D eigenvalue weighted by molar-refractivity contribution is 7.90. The third-order valence-corrected chi connectivity index (χ3v) is 5.71. The molecule has 2 rings (SSSR count).